The highest BCUT2D eigenvalue weighted by Crippen LogP contribution is 2.25. The lowest BCUT2D eigenvalue weighted by molar-refractivity contribution is 0.575. The topological polar surface area (TPSA) is 60.2 Å². The van der Waals surface area contributed by atoms with Crippen molar-refractivity contribution in [3.63, 3.8) is 0 Å². The quantitative estimate of drug-likeness (QED) is 0.853. The molecular weight excluding hydrogens is 229 g/mol. The van der Waals surface area contributed by atoms with Gasteiger partial charge in [0.1, 0.15) is 11.1 Å². The van der Waals surface area contributed by atoms with Crippen molar-refractivity contribution in [2.45, 2.75) is 12.2 Å². The summed E-state index contributed by atoms with van der Waals surface area (Å²) in [6.07, 6.45) is 0. The van der Waals surface area contributed by atoms with Gasteiger partial charge in [-0.2, -0.15) is 0 Å². The normalized spacial score (nSPS) is 14.0. The van der Waals surface area contributed by atoms with Crippen LogP contribution in [0.25, 0.3) is 0 Å². The van der Waals surface area contributed by atoms with E-state index in [-0.39, 0.29) is 10.6 Å². The SMILES string of the molecule is C[C@H](c1cc(Cl)ccc1F)S(N)(=O)=O. The zero-order valence-corrected chi connectivity index (χ0v) is 8.94. The molecule has 0 saturated carbocycles. The third-order valence-electron chi connectivity index (χ3n) is 1.89. The summed E-state index contributed by atoms with van der Waals surface area (Å²) < 4.78 is 35.1. The van der Waals surface area contributed by atoms with Gasteiger partial charge in [-0.05, 0) is 25.1 Å². The van der Waals surface area contributed by atoms with Crippen LogP contribution in [0.5, 0.6) is 0 Å². The van der Waals surface area contributed by atoms with E-state index < -0.39 is 21.1 Å². The van der Waals surface area contributed by atoms with Crippen molar-refractivity contribution in [2.24, 2.45) is 5.14 Å². The number of rotatable bonds is 2. The molecule has 0 heterocycles. The first-order valence-corrected chi connectivity index (χ1v) is 5.77. The van der Waals surface area contributed by atoms with Crippen LogP contribution in [0, 0.1) is 5.82 Å². The lowest BCUT2D eigenvalue weighted by atomic mass is 10.1. The Hall–Kier alpha value is -0.650. The first-order valence-electron chi connectivity index (χ1n) is 3.79. The molecule has 0 fully saturated rings. The Morgan fingerprint density at radius 3 is 2.57 bits per heavy atom. The fraction of sp³-hybridized carbons (Fsp3) is 0.250. The van der Waals surface area contributed by atoms with Gasteiger partial charge in [-0.3, -0.25) is 0 Å². The molecule has 0 amide bonds. The molecule has 3 nitrogen and oxygen atoms in total. The van der Waals surface area contributed by atoms with Crippen molar-refractivity contribution in [2.75, 3.05) is 0 Å². The van der Waals surface area contributed by atoms with E-state index in [1.54, 1.807) is 0 Å². The highest BCUT2D eigenvalue weighted by molar-refractivity contribution is 7.89. The second-order valence-corrected chi connectivity index (χ2v) is 5.22. The van der Waals surface area contributed by atoms with E-state index in [0.717, 1.165) is 6.07 Å². The predicted octanol–water partition coefficient (Wildman–Crippen LogP) is 1.83. The van der Waals surface area contributed by atoms with E-state index in [0.29, 0.717) is 0 Å². The summed E-state index contributed by atoms with van der Waals surface area (Å²) >= 11 is 5.61. The van der Waals surface area contributed by atoms with Crippen molar-refractivity contribution < 1.29 is 12.8 Å². The van der Waals surface area contributed by atoms with Gasteiger partial charge in [-0.25, -0.2) is 17.9 Å². The van der Waals surface area contributed by atoms with Gasteiger partial charge in [-0.1, -0.05) is 11.6 Å². The molecule has 1 aromatic carbocycles. The van der Waals surface area contributed by atoms with Crippen LogP contribution in [0.15, 0.2) is 18.2 Å². The summed E-state index contributed by atoms with van der Waals surface area (Å²) in [5.74, 6) is -0.629. The van der Waals surface area contributed by atoms with Gasteiger partial charge in [0.05, 0.1) is 0 Å². The summed E-state index contributed by atoms with van der Waals surface area (Å²) in [6.45, 7) is 1.31. The molecule has 0 aliphatic heterocycles. The molecule has 0 saturated heterocycles. The summed E-state index contributed by atoms with van der Waals surface area (Å²) in [5.41, 5.74) is -0.0139. The van der Waals surface area contributed by atoms with Crippen molar-refractivity contribution in [1.82, 2.24) is 0 Å². The Bertz CT molecular complexity index is 447. The Morgan fingerprint density at radius 1 is 1.50 bits per heavy atom. The van der Waals surface area contributed by atoms with Crippen LogP contribution in [-0.2, 0) is 10.0 Å². The van der Waals surface area contributed by atoms with E-state index in [1.165, 1.54) is 19.1 Å². The van der Waals surface area contributed by atoms with E-state index in [9.17, 15) is 12.8 Å². The van der Waals surface area contributed by atoms with Crippen LogP contribution in [0.1, 0.15) is 17.7 Å². The molecule has 0 radical (unpaired) electrons. The molecule has 0 spiro atoms. The molecule has 2 N–H and O–H groups in total. The minimum Gasteiger partial charge on any atom is -0.228 e. The summed E-state index contributed by atoms with van der Waals surface area (Å²) in [5, 5.41) is 4.07. The zero-order chi connectivity index (χ0) is 10.9. The largest absolute Gasteiger partial charge is 0.228 e. The van der Waals surface area contributed by atoms with E-state index >= 15 is 0 Å². The molecule has 0 unspecified atom stereocenters. The first kappa shape index (κ1) is 11.4. The molecule has 0 aromatic heterocycles. The molecule has 1 atom stereocenters. The standard InChI is InChI=1S/C8H9ClFNO2S/c1-5(14(11,12)13)7-4-6(9)2-3-8(7)10/h2-5H,1H3,(H2,11,12,13)/t5-/m1/s1. The Labute approximate surface area is 86.7 Å². The highest BCUT2D eigenvalue weighted by Gasteiger charge is 2.21. The summed E-state index contributed by atoms with van der Waals surface area (Å²) in [6, 6.07) is 3.71. The molecule has 14 heavy (non-hydrogen) atoms. The molecule has 1 aromatic rings. The number of hydrogen-bond donors (Lipinski definition) is 1. The van der Waals surface area contributed by atoms with Gasteiger partial charge >= 0.3 is 0 Å². The van der Waals surface area contributed by atoms with Gasteiger partial charge in [0, 0.05) is 10.6 Å². The Morgan fingerprint density at radius 2 is 2.07 bits per heavy atom. The molecule has 0 aliphatic rings. The number of nitrogens with two attached hydrogens (primary N) is 1. The van der Waals surface area contributed by atoms with Crippen molar-refractivity contribution >= 4 is 21.6 Å². The van der Waals surface area contributed by atoms with Crippen LogP contribution in [0.4, 0.5) is 4.39 Å². The maximum atomic E-state index is 13.2. The smallest absolute Gasteiger partial charge is 0.215 e. The third kappa shape index (κ3) is 2.43. The van der Waals surface area contributed by atoms with Gasteiger partial charge < -0.3 is 0 Å². The fourth-order valence-corrected chi connectivity index (χ4v) is 1.72. The number of primary sulfonamides is 1. The molecular formula is C8H9ClFNO2S. The van der Waals surface area contributed by atoms with Crippen LogP contribution in [-0.4, -0.2) is 8.42 Å². The minimum absolute atomic E-state index is 0.0139. The highest BCUT2D eigenvalue weighted by atomic mass is 35.5. The molecule has 6 heteroatoms. The molecule has 0 aliphatic carbocycles. The predicted molar refractivity (Wildman–Crippen MR) is 52.9 cm³/mol. The zero-order valence-electron chi connectivity index (χ0n) is 7.37. The average molecular weight is 238 g/mol. The first-order chi connectivity index (χ1) is 6.32. The van der Waals surface area contributed by atoms with E-state index in [1.807, 2.05) is 0 Å². The maximum Gasteiger partial charge on any atom is 0.215 e. The van der Waals surface area contributed by atoms with Crippen LogP contribution in [0.2, 0.25) is 5.02 Å². The number of sulfonamides is 1. The van der Waals surface area contributed by atoms with E-state index in [4.69, 9.17) is 16.7 Å². The molecule has 78 valence electrons. The number of halogens is 2. The van der Waals surface area contributed by atoms with Crippen molar-refractivity contribution in [1.29, 1.82) is 0 Å². The fourth-order valence-electron chi connectivity index (χ4n) is 1.00. The summed E-state index contributed by atoms with van der Waals surface area (Å²) in [7, 11) is -3.79. The van der Waals surface area contributed by atoms with Gasteiger partial charge in [-0.15, -0.1) is 0 Å². The lowest BCUT2D eigenvalue weighted by Crippen LogP contribution is -2.20. The second-order valence-electron chi connectivity index (χ2n) is 2.90. The monoisotopic (exact) mass is 237 g/mol. The van der Waals surface area contributed by atoms with E-state index in [2.05, 4.69) is 0 Å². The van der Waals surface area contributed by atoms with Gasteiger partial charge in [0.25, 0.3) is 0 Å². The van der Waals surface area contributed by atoms with Crippen molar-refractivity contribution in [3.05, 3.63) is 34.6 Å². The van der Waals surface area contributed by atoms with Gasteiger partial charge in [0.15, 0.2) is 0 Å². The number of hydrogen-bond acceptors (Lipinski definition) is 2. The molecule has 0 bridgehead atoms. The average Bonchev–Trinajstić information content (AvgIpc) is 2.06. The minimum atomic E-state index is -3.79. The van der Waals surface area contributed by atoms with Crippen LogP contribution >= 0.6 is 11.6 Å². The third-order valence-corrected chi connectivity index (χ3v) is 3.36. The Balaban J connectivity index is 3.26. The lowest BCUT2D eigenvalue weighted by Gasteiger charge is -2.10. The van der Waals surface area contributed by atoms with Crippen LogP contribution in [0.3, 0.4) is 0 Å². The van der Waals surface area contributed by atoms with Crippen molar-refractivity contribution in [3.8, 4) is 0 Å². The second kappa shape index (κ2) is 3.84. The molecule has 1 rings (SSSR count). The van der Waals surface area contributed by atoms with Crippen LogP contribution < -0.4 is 5.14 Å². The Kier molecular flexibility index (Phi) is 3.14. The maximum absolute atomic E-state index is 13.2. The number of benzene rings is 1. The van der Waals surface area contributed by atoms with Gasteiger partial charge in [0.2, 0.25) is 10.0 Å². The summed E-state index contributed by atoms with van der Waals surface area (Å²) in [4.78, 5) is 0.